The highest BCUT2D eigenvalue weighted by Crippen LogP contribution is 2.40. The first kappa shape index (κ1) is 21.7. The molecule has 33 heavy (non-hydrogen) atoms. The van der Waals surface area contributed by atoms with Gasteiger partial charge in [0, 0.05) is 45.0 Å². The molecule has 1 N–H and O–H groups in total. The van der Waals surface area contributed by atoms with E-state index in [-0.39, 0.29) is 5.91 Å². The Morgan fingerprint density at radius 2 is 1.79 bits per heavy atom. The quantitative estimate of drug-likeness (QED) is 0.312. The maximum absolute atomic E-state index is 13.4. The zero-order valence-electron chi connectivity index (χ0n) is 19.4. The Morgan fingerprint density at radius 1 is 1.06 bits per heavy atom. The van der Waals surface area contributed by atoms with Crippen LogP contribution >= 0.6 is 11.3 Å². The summed E-state index contributed by atoms with van der Waals surface area (Å²) in [6.45, 7) is 6.57. The van der Waals surface area contributed by atoms with Gasteiger partial charge in [-0.3, -0.25) is 4.79 Å². The fourth-order valence-corrected chi connectivity index (χ4v) is 6.19. The highest BCUT2D eigenvalue weighted by molar-refractivity contribution is 7.16. The number of nitrogens with one attached hydrogen (secondary N) is 1. The van der Waals surface area contributed by atoms with Gasteiger partial charge in [0.2, 0.25) is 0 Å². The minimum Gasteiger partial charge on any atom is -0.342 e. The van der Waals surface area contributed by atoms with Crippen molar-refractivity contribution in [2.24, 2.45) is 4.99 Å². The van der Waals surface area contributed by atoms with Crippen LogP contribution in [-0.2, 0) is 12.8 Å². The van der Waals surface area contributed by atoms with Gasteiger partial charge in [-0.15, -0.1) is 11.3 Å². The van der Waals surface area contributed by atoms with Gasteiger partial charge >= 0.3 is 0 Å². The van der Waals surface area contributed by atoms with E-state index in [0.717, 1.165) is 41.1 Å². The van der Waals surface area contributed by atoms with Crippen LogP contribution < -0.4 is 5.32 Å². The number of carbonyl (C=O) groups is 1. The van der Waals surface area contributed by atoms with Crippen LogP contribution in [0, 0.1) is 6.92 Å². The highest BCUT2D eigenvalue weighted by Gasteiger charge is 2.25. The number of fused-ring (bicyclic) bond motifs is 2. The number of thiophene rings is 1. The predicted octanol–water partition coefficient (Wildman–Crippen LogP) is 7.47. The number of anilines is 1. The second kappa shape index (κ2) is 8.99. The van der Waals surface area contributed by atoms with Crippen molar-refractivity contribution in [3.05, 3.63) is 81.9 Å². The smallest absolute Gasteiger partial charge is 0.259 e. The molecule has 5 rings (SSSR count). The number of aliphatic imine (C=N–C) groups is 1. The summed E-state index contributed by atoms with van der Waals surface area (Å²) in [5.41, 5.74) is 6.29. The number of aromatic nitrogens is 1. The number of rotatable bonds is 5. The fourth-order valence-electron chi connectivity index (χ4n) is 4.96. The van der Waals surface area contributed by atoms with Crippen molar-refractivity contribution in [2.75, 3.05) is 5.32 Å². The van der Waals surface area contributed by atoms with Crippen molar-refractivity contribution < 1.29 is 4.79 Å². The standard InChI is InChI=1S/C28H29N3OS/c1-18(2)31-19(3)23(21-13-7-9-15-24(21)31)17-29-28-26(22-14-8-10-16-25(22)33-28)27(32)30-20-11-5-4-6-12-20/h4-7,9,11-13,15,17-18H,8,10,14,16H2,1-3H3,(H,30,32). The molecular weight excluding hydrogens is 426 g/mol. The average Bonchev–Trinajstić information content (AvgIpc) is 3.32. The normalized spacial score (nSPS) is 13.7. The molecular formula is C28H29N3OS. The average molecular weight is 456 g/mol. The molecule has 0 spiro atoms. The van der Waals surface area contributed by atoms with Gasteiger partial charge in [-0.25, -0.2) is 4.99 Å². The van der Waals surface area contributed by atoms with E-state index in [1.807, 2.05) is 36.5 Å². The molecule has 5 heteroatoms. The SMILES string of the molecule is Cc1c(C=Nc2sc3c(c2C(=O)Nc2ccccc2)CCCC3)c2ccccc2n1C(C)C. The third-order valence-electron chi connectivity index (χ3n) is 6.44. The second-order valence-electron chi connectivity index (χ2n) is 8.95. The molecule has 0 aliphatic heterocycles. The first-order valence-corrected chi connectivity index (χ1v) is 12.5. The van der Waals surface area contributed by atoms with Gasteiger partial charge in [-0.2, -0.15) is 0 Å². The molecule has 0 unspecified atom stereocenters. The molecule has 0 radical (unpaired) electrons. The number of amides is 1. The topological polar surface area (TPSA) is 46.4 Å². The summed E-state index contributed by atoms with van der Waals surface area (Å²) in [6.07, 6.45) is 6.25. The lowest BCUT2D eigenvalue weighted by atomic mass is 9.95. The molecule has 1 amide bonds. The second-order valence-corrected chi connectivity index (χ2v) is 10.0. The van der Waals surface area contributed by atoms with Gasteiger partial charge in [0.1, 0.15) is 5.00 Å². The Morgan fingerprint density at radius 3 is 2.58 bits per heavy atom. The molecule has 2 aromatic heterocycles. The van der Waals surface area contributed by atoms with E-state index < -0.39 is 0 Å². The zero-order chi connectivity index (χ0) is 22.9. The predicted molar refractivity (Wildman–Crippen MR) is 140 cm³/mol. The number of carbonyl (C=O) groups excluding carboxylic acids is 1. The van der Waals surface area contributed by atoms with Crippen molar-refractivity contribution in [1.29, 1.82) is 0 Å². The van der Waals surface area contributed by atoms with Crippen LogP contribution in [0.3, 0.4) is 0 Å². The van der Waals surface area contributed by atoms with Crippen LogP contribution in [0.25, 0.3) is 10.9 Å². The molecule has 0 fully saturated rings. The van der Waals surface area contributed by atoms with Crippen LogP contribution in [0.4, 0.5) is 10.7 Å². The first-order chi connectivity index (χ1) is 16.0. The molecule has 1 aliphatic rings. The lowest BCUT2D eigenvalue weighted by Gasteiger charge is -2.13. The third-order valence-corrected chi connectivity index (χ3v) is 7.64. The number of nitrogens with zero attached hydrogens (tertiary/aromatic N) is 2. The summed E-state index contributed by atoms with van der Waals surface area (Å²) < 4.78 is 2.36. The van der Waals surface area contributed by atoms with Crippen molar-refractivity contribution in [3.8, 4) is 0 Å². The Balaban J connectivity index is 1.58. The number of benzene rings is 2. The van der Waals surface area contributed by atoms with E-state index >= 15 is 0 Å². The van der Waals surface area contributed by atoms with Gasteiger partial charge in [0.15, 0.2) is 0 Å². The minimum absolute atomic E-state index is 0.0610. The molecule has 2 aromatic carbocycles. The summed E-state index contributed by atoms with van der Waals surface area (Å²) in [5, 5.41) is 5.10. The maximum Gasteiger partial charge on any atom is 0.259 e. The summed E-state index contributed by atoms with van der Waals surface area (Å²) in [4.78, 5) is 19.6. The van der Waals surface area contributed by atoms with Crippen LogP contribution in [0.15, 0.2) is 59.6 Å². The van der Waals surface area contributed by atoms with E-state index in [0.29, 0.717) is 6.04 Å². The Hall–Kier alpha value is -3.18. The van der Waals surface area contributed by atoms with Gasteiger partial charge in [-0.1, -0.05) is 36.4 Å². The number of para-hydroxylation sites is 2. The van der Waals surface area contributed by atoms with Crippen molar-refractivity contribution in [1.82, 2.24) is 4.57 Å². The van der Waals surface area contributed by atoms with E-state index in [1.165, 1.54) is 33.5 Å². The zero-order valence-corrected chi connectivity index (χ0v) is 20.2. The Bertz CT molecular complexity index is 1340. The van der Waals surface area contributed by atoms with Crippen LogP contribution in [0.2, 0.25) is 0 Å². The van der Waals surface area contributed by atoms with Gasteiger partial charge in [0.25, 0.3) is 5.91 Å². The number of hydrogen-bond acceptors (Lipinski definition) is 3. The number of aryl methyl sites for hydroxylation is 1. The lowest BCUT2D eigenvalue weighted by molar-refractivity contribution is 0.102. The van der Waals surface area contributed by atoms with E-state index in [9.17, 15) is 4.79 Å². The monoisotopic (exact) mass is 455 g/mol. The fraction of sp³-hybridized carbons (Fsp3) is 0.286. The summed E-state index contributed by atoms with van der Waals surface area (Å²) >= 11 is 1.68. The molecule has 0 bridgehead atoms. The Labute approximate surface area is 199 Å². The van der Waals surface area contributed by atoms with Crippen LogP contribution in [0.5, 0.6) is 0 Å². The molecule has 2 heterocycles. The number of hydrogen-bond donors (Lipinski definition) is 1. The highest BCUT2D eigenvalue weighted by atomic mass is 32.1. The molecule has 4 nitrogen and oxygen atoms in total. The Kier molecular flexibility index (Phi) is 5.90. The van der Waals surface area contributed by atoms with E-state index in [4.69, 9.17) is 4.99 Å². The van der Waals surface area contributed by atoms with Crippen molar-refractivity contribution >= 4 is 45.0 Å². The molecule has 168 valence electrons. The maximum atomic E-state index is 13.4. The summed E-state index contributed by atoms with van der Waals surface area (Å²) in [7, 11) is 0. The van der Waals surface area contributed by atoms with Crippen molar-refractivity contribution in [3.63, 3.8) is 0 Å². The van der Waals surface area contributed by atoms with E-state index in [1.54, 1.807) is 11.3 Å². The van der Waals surface area contributed by atoms with Crippen LogP contribution in [0.1, 0.15) is 64.8 Å². The van der Waals surface area contributed by atoms with Gasteiger partial charge in [-0.05, 0) is 70.2 Å². The molecule has 4 aromatic rings. The van der Waals surface area contributed by atoms with Gasteiger partial charge in [0.05, 0.1) is 5.56 Å². The first-order valence-electron chi connectivity index (χ1n) is 11.7. The van der Waals surface area contributed by atoms with Crippen molar-refractivity contribution in [2.45, 2.75) is 52.5 Å². The van der Waals surface area contributed by atoms with E-state index in [2.05, 4.69) is 54.9 Å². The summed E-state index contributed by atoms with van der Waals surface area (Å²) in [5.74, 6) is -0.0610. The largest absolute Gasteiger partial charge is 0.342 e. The molecule has 0 atom stereocenters. The minimum atomic E-state index is -0.0610. The summed E-state index contributed by atoms with van der Waals surface area (Å²) in [6, 6.07) is 18.5. The molecule has 0 saturated heterocycles. The third kappa shape index (κ3) is 4.02. The van der Waals surface area contributed by atoms with Gasteiger partial charge < -0.3 is 9.88 Å². The molecule has 1 aliphatic carbocycles. The molecule has 0 saturated carbocycles. The lowest BCUT2D eigenvalue weighted by Crippen LogP contribution is -2.14. The van der Waals surface area contributed by atoms with Crippen LogP contribution in [-0.4, -0.2) is 16.7 Å².